The topological polar surface area (TPSA) is 32.3 Å². The lowest BCUT2D eigenvalue weighted by atomic mass is 9.95. The molecule has 2 aromatic carbocycles. The molecule has 140 valence electrons. The fourth-order valence-electron chi connectivity index (χ4n) is 3.32. The first-order valence-electron chi connectivity index (χ1n) is 8.55. The highest BCUT2D eigenvalue weighted by Gasteiger charge is 2.29. The van der Waals surface area contributed by atoms with Crippen molar-refractivity contribution in [3.05, 3.63) is 71.3 Å². The van der Waals surface area contributed by atoms with Gasteiger partial charge in [0.05, 0.1) is 6.04 Å². The number of hydrogen-bond acceptors (Lipinski definition) is 2. The molecule has 26 heavy (non-hydrogen) atoms. The number of benzene rings is 2. The molecule has 0 saturated carbocycles. The molecule has 3 nitrogen and oxygen atoms in total. The first-order valence-corrected chi connectivity index (χ1v) is 8.55. The summed E-state index contributed by atoms with van der Waals surface area (Å²) in [6.45, 7) is 3.82. The van der Waals surface area contributed by atoms with Crippen LogP contribution in [0.3, 0.4) is 0 Å². The van der Waals surface area contributed by atoms with Crippen LogP contribution in [-0.4, -0.2) is 30.4 Å². The monoisotopic (exact) mass is 380 g/mol. The highest BCUT2D eigenvalue weighted by atomic mass is 35.5. The van der Waals surface area contributed by atoms with Crippen molar-refractivity contribution < 1.29 is 13.6 Å². The van der Waals surface area contributed by atoms with Crippen LogP contribution in [0, 0.1) is 11.6 Å². The maximum absolute atomic E-state index is 13.6. The summed E-state index contributed by atoms with van der Waals surface area (Å²) in [6.07, 6.45) is 0.301. The molecule has 1 aliphatic rings. The van der Waals surface area contributed by atoms with Crippen molar-refractivity contribution in [1.29, 1.82) is 0 Å². The summed E-state index contributed by atoms with van der Waals surface area (Å²) in [6, 6.07) is 12.6. The molecule has 0 spiro atoms. The highest BCUT2D eigenvalue weighted by Crippen LogP contribution is 2.27. The Morgan fingerprint density at radius 3 is 2.58 bits per heavy atom. The van der Waals surface area contributed by atoms with Gasteiger partial charge in [-0.3, -0.25) is 4.79 Å². The largest absolute Gasteiger partial charge is 0.333 e. The Balaban J connectivity index is 0.00000243. The second kappa shape index (κ2) is 9.10. The van der Waals surface area contributed by atoms with Gasteiger partial charge in [0.25, 0.3) is 0 Å². The molecule has 2 atom stereocenters. The predicted octanol–water partition coefficient (Wildman–Crippen LogP) is 4.05. The molecule has 3 rings (SSSR count). The van der Waals surface area contributed by atoms with Gasteiger partial charge in [-0.2, -0.15) is 0 Å². The minimum absolute atomic E-state index is 0. The van der Waals surface area contributed by atoms with Gasteiger partial charge in [-0.05, 0) is 41.3 Å². The van der Waals surface area contributed by atoms with Crippen LogP contribution in [0.15, 0.2) is 48.5 Å². The number of carbonyl (C=O) groups excluding carboxylic acids is 1. The Labute approximate surface area is 158 Å². The summed E-state index contributed by atoms with van der Waals surface area (Å²) >= 11 is 0. The molecule has 0 aliphatic carbocycles. The highest BCUT2D eigenvalue weighted by molar-refractivity contribution is 5.85. The number of carbonyl (C=O) groups is 1. The molecule has 1 heterocycles. The number of hydrogen-bond donors (Lipinski definition) is 1. The van der Waals surface area contributed by atoms with E-state index in [4.69, 9.17) is 0 Å². The zero-order valence-corrected chi connectivity index (χ0v) is 15.4. The van der Waals surface area contributed by atoms with E-state index in [2.05, 4.69) is 5.32 Å². The van der Waals surface area contributed by atoms with Crippen LogP contribution in [0.4, 0.5) is 8.78 Å². The lowest BCUT2D eigenvalue weighted by molar-refractivity contribution is -0.134. The molecule has 6 heteroatoms. The fraction of sp³-hybridized carbons (Fsp3) is 0.350. The van der Waals surface area contributed by atoms with Crippen molar-refractivity contribution in [1.82, 2.24) is 10.2 Å². The summed E-state index contributed by atoms with van der Waals surface area (Å²) in [5.41, 5.74) is 1.60. The van der Waals surface area contributed by atoms with Crippen LogP contribution >= 0.6 is 12.4 Å². The molecule has 1 saturated heterocycles. The Morgan fingerprint density at radius 1 is 1.19 bits per heavy atom. The van der Waals surface area contributed by atoms with Crippen molar-refractivity contribution in [3.8, 4) is 0 Å². The average Bonchev–Trinajstić information content (AvgIpc) is 2.61. The maximum Gasteiger partial charge on any atom is 0.223 e. The van der Waals surface area contributed by atoms with Gasteiger partial charge in [0.15, 0.2) is 0 Å². The molecule has 0 radical (unpaired) electrons. The van der Waals surface area contributed by atoms with Crippen LogP contribution in [0.1, 0.15) is 36.4 Å². The van der Waals surface area contributed by atoms with Crippen LogP contribution in [-0.2, 0) is 4.79 Å². The Kier molecular flexibility index (Phi) is 7.12. The zero-order valence-electron chi connectivity index (χ0n) is 14.6. The van der Waals surface area contributed by atoms with Gasteiger partial charge in [-0.1, -0.05) is 31.2 Å². The quantitative estimate of drug-likeness (QED) is 0.867. The number of amides is 1. The normalized spacial score (nSPS) is 18.1. The van der Waals surface area contributed by atoms with E-state index < -0.39 is 0 Å². The summed E-state index contributed by atoms with van der Waals surface area (Å²) in [7, 11) is 0. The van der Waals surface area contributed by atoms with Gasteiger partial charge in [0.1, 0.15) is 11.6 Å². The Morgan fingerprint density at radius 2 is 1.88 bits per heavy atom. The molecule has 1 N–H and O–H groups in total. The lowest BCUT2D eigenvalue weighted by Gasteiger charge is -2.37. The Bertz CT molecular complexity index is 756. The predicted molar refractivity (Wildman–Crippen MR) is 100 cm³/mol. The van der Waals surface area contributed by atoms with Crippen molar-refractivity contribution >= 4 is 18.3 Å². The summed E-state index contributed by atoms with van der Waals surface area (Å²) in [5.74, 6) is -0.668. The molecule has 2 unspecified atom stereocenters. The third kappa shape index (κ3) is 4.80. The van der Waals surface area contributed by atoms with Crippen molar-refractivity contribution in [3.63, 3.8) is 0 Å². The smallest absolute Gasteiger partial charge is 0.223 e. The molecule has 0 aromatic heterocycles. The first kappa shape index (κ1) is 20.3. The molecular weight excluding hydrogens is 358 g/mol. The van der Waals surface area contributed by atoms with Gasteiger partial charge < -0.3 is 10.2 Å². The van der Waals surface area contributed by atoms with E-state index in [9.17, 15) is 13.6 Å². The fourth-order valence-corrected chi connectivity index (χ4v) is 3.32. The van der Waals surface area contributed by atoms with Crippen LogP contribution in [0.25, 0.3) is 0 Å². The van der Waals surface area contributed by atoms with E-state index in [1.54, 1.807) is 17.0 Å². The third-order valence-electron chi connectivity index (χ3n) is 4.70. The molecule has 0 bridgehead atoms. The molecule has 2 aromatic rings. The molecular formula is C20H23ClF2N2O. The van der Waals surface area contributed by atoms with Gasteiger partial charge in [-0.25, -0.2) is 8.78 Å². The first-order chi connectivity index (χ1) is 12.0. The van der Waals surface area contributed by atoms with Crippen LogP contribution < -0.4 is 5.32 Å². The van der Waals surface area contributed by atoms with E-state index in [-0.39, 0.29) is 41.9 Å². The van der Waals surface area contributed by atoms with E-state index in [0.717, 1.165) is 11.1 Å². The number of nitrogens with one attached hydrogen (secondary N) is 1. The van der Waals surface area contributed by atoms with Crippen LogP contribution in [0.2, 0.25) is 0 Å². The molecule has 1 aliphatic heterocycles. The SMILES string of the molecule is CC(CC(=O)N1CCNCC1c1cccc(F)c1)c1cccc(F)c1.Cl. The standard InChI is InChI=1S/C20H22F2N2O.ClH/c1-14(15-4-2-6-17(21)11-15)10-20(25)24-9-8-23-13-19(24)16-5-3-7-18(22)12-16;/h2-7,11-12,14,19,23H,8-10,13H2,1H3;1H. The minimum atomic E-state index is -0.302. The van der Waals surface area contributed by atoms with E-state index in [0.29, 0.717) is 26.1 Å². The van der Waals surface area contributed by atoms with Gasteiger partial charge in [0, 0.05) is 26.1 Å². The van der Waals surface area contributed by atoms with Crippen molar-refractivity contribution in [2.75, 3.05) is 19.6 Å². The maximum atomic E-state index is 13.6. The van der Waals surface area contributed by atoms with E-state index in [1.165, 1.54) is 24.3 Å². The van der Waals surface area contributed by atoms with Crippen LogP contribution in [0.5, 0.6) is 0 Å². The summed E-state index contributed by atoms with van der Waals surface area (Å²) < 4.78 is 27.0. The van der Waals surface area contributed by atoms with E-state index in [1.807, 2.05) is 19.1 Å². The summed E-state index contributed by atoms with van der Waals surface area (Å²) in [4.78, 5) is 14.7. The zero-order chi connectivity index (χ0) is 17.8. The second-order valence-electron chi connectivity index (χ2n) is 6.52. The van der Waals surface area contributed by atoms with Crippen molar-refractivity contribution in [2.45, 2.75) is 25.3 Å². The minimum Gasteiger partial charge on any atom is -0.333 e. The number of nitrogens with zero attached hydrogens (tertiary/aromatic N) is 1. The number of piperazine rings is 1. The number of rotatable bonds is 4. The Hall–Kier alpha value is -1.98. The van der Waals surface area contributed by atoms with E-state index >= 15 is 0 Å². The number of halogens is 3. The second-order valence-corrected chi connectivity index (χ2v) is 6.52. The lowest BCUT2D eigenvalue weighted by Crippen LogP contribution is -2.48. The van der Waals surface area contributed by atoms with Gasteiger partial charge in [0.2, 0.25) is 5.91 Å². The molecule has 1 amide bonds. The molecule has 1 fully saturated rings. The van der Waals surface area contributed by atoms with Gasteiger partial charge >= 0.3 is 0 Å². The van der Waals surface area contributed by atoms with Gasteiger partial charge in [-0.15, -0.1) is 12.4 Å². The third-order valence-corrected chi connectivity index (χ3v) is 4.70. The van der Waals surface area contributed by atoms with Crippen molar-refractivity contribution in [2.24, 2.45) is 0 Å². The summed E-state index contributed by atoms with van der Waals surface area (Å²) in [5, 5.41) is 3.26. The average molecular weight is 381 g/mol.